The summed E-state index contributed by atoms with van der Waals surface area (Å²) in [5.41, 5.74) is 11.6. The standard InChI is InChI=1S/C26H26N6.C2HF3O2/c27-17-23-24(30-21-12-8-20(28)9-13-21)16-26(32-25(23)14-15-29-32)31-22-10-6-19(7-11-22)18-4-2-1-3-5-18;3-2(4,5)1(6)7/h1-7,10-11,14-16,20-21,30-31H,8-9,12-13,28H2;(H,6,7)/t20-,21-;. The highest BCUT2D eigenvalue weighted by atomic mass is 19.4. The number of nitriles is 1. The van der Waals surface area contributed by atoms with Gasteiger partial charge in [0.2, 0.25) is 0 Å². The number of aromatic nitrogens is 2. The zero-order valence-electron chi connectivity index (χ0n) is 20.8. The molecule has 0 saturated heterocycles. The summed E-state index contributed by atoms with van der Waals surface area (Å²) < 4.78 is 33.5. The number of nitrogens with two attached hydrogens (primary N) is 1. The molecule has 0 atom stereocenters. The Bertz CT molecular complexity index is 1460. The molecule has 2 aromatic carbocycles. The maximum Gasteiger partial charge on any atom is 0.490 e. The van der Waals surface area contributed by atoms with Crippen LogP contribution in [0.4, 0.5) is 30.4 Å². The average molecular weight is 537 g/mol. The smallest absolute Gasteiger partial charge is 0.475 e. The highest BCUT2D eigenvalue weighted by molar-refractivity contribution is 5.79. The van der Waals surface area contributed by atoms with E-state index in [0.29, 0.717) is 11.6 Å². The number of carboxylic acids is 1. The van der Waals surface area contributed by atoms with Crippen molar-refractivity contribution < 1.29 is 23.1 Å². The van der Waals surface area contributed by atoms with E-state index in [1.807, 2.05) is 30.3 Å². The lowest BCUT2D eigenvalue weighted by Crippen LogP contribution is -2.33. The van der Waals surface area contributed by atoms with Crippen LogP contribution < -0.4 is 16.4 Å². The molecule has 0 radical (unpaired) electrons. The summed E-state index contributed by atoms with van der Waals surface area (Å²) >= 11 is 0. The van der Waals surface area contributed by atoms with Gasteiger partial charge in [0, 0.05) is 23.8 Å². The molecule has 0 aliphatic heterocycles. The molecule has 1 saturated carbocycles. The predicted molar refractivity (Wildman–Crippen MR) is 143 cm³/mol. The maximum atomic E-state index is 10.6. The van der Waals surface area contributed by atoms with Crippen molar-refractivity contribution in [3.8, 4) is 17.2 Å². The zero-order valence-corrected chi connectivity index (χ0v) is 20.8. The molecule has 1 aliphatic carbocycles. The largest absolute Gasteiger partial charge is 0.490 e. The first-order valence-electron chi connectivity index (χ1n) is 12.3. The van der Waals surface area contributed by atoms with E-state index in [1.54, 1.807) is 10.7 Å². The van der Waals surface area contributed by atoms with Gasteiger partial charge in [-0.15, -0.1) is 0 Å². The van der Waals surface area contributed by atoms with Crippen molar-refractivity contribution >= 4 is 28.7 Å². The fourth-order valence-corrected chi connectivity index (χ4v) is 4.42. The Balaban J connectivity index is 0.000000448. The quantitative estimate of drug-likeness (QED) is 0.249. The van der Waals surface area contributed by atoms with Crippen molar-refractivity contribution in [2.24, 2.45) is 5.73 Å². The number of hydrogen-bond donors (Lipinski definition) is 4. The highest BCUT2D eigenvalue weighted by Gasteiger charge is 2.38. The Labute approximate surface area is 222 Å². The predicted octanol–water partition coefficient (Wildman–Crippen LogP) is 5.93. The van der Waals surface area contributed by atoms with Gasteiger partial charge >= 0.3 is 12.1 Å². The zero-order chi connectivity index (χ0) is 28.0. The van der Waals surface area contributed by atoms with E-state index in [4.69, 9.17) is 15.6 Å². The summed E-state index contributed by atoms with van der Waals surface area (Å²) in [5.74, 6) is -1.95. The third-order valence-electron chi connectivity index (χ3n) is 6.43. The van der Waals surface area contributed by atoms with Gasteiger partial charge in [-0.3, -0.25) is 0 Å². The average Bonchev–Trinajstić information content (AvgIpc) is 3.41. The molecular formula is C28H27F3N6O2. The Kier molecular flexibility index (Phi) is 8.36. The molecule has 0 spiro atoms. The second-order valence-corrected chi connectivity index (χ2v) is 9.19. The highest BCUT2D eigenvalue weighted by Crippen LogP contribution is 2.31. The minimum atomic E-state index is -5.08. The third kappa shape index (κ3) is 6.86. The Morgan fingerprint density at radius 2 is 1.64 bits per heavy atom. The van der Waals surface area contributed by atoms with Gasteiger partial charge in [-0.05, 0) is 55.0 Å². The summed E-state index contributed by atoms with van der Waals surface area (Å²) in [6.45, 7) is 0. The van der Waals surface area contributed by atoms with E-state index in [-0.39, 0.29) is 6.04 Å². The molecular weight excluding hydrogens is 509 g/mol. The van der Waals surface area contributed by atoms with Crippen molar-refractivity contribution in [1.29, 1.82) is 5.26 Å². The molecule has 2 aromatic heterocycles. The monoisotopic (exact) mass is 536 g/mol. The van der Waals surface area contributed by atoms with Crippen LogP contribution >= 0.6 is 0 Å². The van der Waals surface area contributed by atoms with Gasteiger partial charge in [0.25, 0.3) is 0 Å². The van der Waals surface area contributed by atoms with Crippen molar-refractivity contribution in [3.05, 3.63) is 78.5 Å². The summed E-state index contributed by atoms with van der Waals surface area (Å²) in [6.07, 6.45) is 0.685. The molecule has 8 nitrogen and oxygen atoms in total. The first-order valence-corrected chi connectivity index (χ1v) is 12.3. The molecule has 4 aromatic rings. The number of halogens is 3. The number of rotatable bonds is 5. The lowest BCUT2D eigenvalue weighted by molar-refractivity contribution is -0.192. The second kappa shape index (κ2) is 11.9. The normalized spacial score (nSPS) is 17.0. The number of nitrogens with one attached hydrogen (secondary N) is 2. The van der Waals surface area contributed by atoms with E-state index in [2.05, 4.69) is 58.2 Å². The number of benzene rings is 2. The van der Waals surface area contributed by atoms with Crippen LogP contribution in [0.5, 0.6) is 0 Å². The Hall–Kier alpha value is -4.56. The number of hydrogen-bond acceptors (Lipinski definition) is 6. The fraction of sp³-hybridized carbons (Fsp3) is 0.250. The number of carbonyl (C=O) groups is 1. The molecule has 1 aliphatic rings. The van der Waals surface area contributed by atoms with Crippen LogP contribution in [-0.4, -0.2) is 38.9 Å². The Morgan fingerprint density at radius 1 is 1.03 bits per heavy atom. The number of anilines is 3. The molecule has 0 bridgehead atoms. The fourth-order valence-electron chi connectivity index (χ4n) is 4.42. The number of pyridine rings is 1. The van der Waals surface area contributed by atoms with Crippen LogP contribution in [0.15, 0.2) is 72.9 Å². The van der Waals surface area contributed by atoms with Gasteiger partial charge in [-0.2, -0.15) is 23.5 Å². The van der Waals surface area contributed by atoms with Gasteiger partial charge in [0.05, 0.1) is 17.4 Å². The van der Waals surface area contributed by atoms with Crippen LogP contribution in [0.25, 0.3) is 16.6 Å². The molecule has 11 heteroatoms. The van der Waals surface area contributed by atoms with Gasteiger partial charge < -0.3 is 21.5 Å². The van der Waals surface area contributed by atoms with E-state index >= 15 is 0 Å². The first-order chi connectivity index (χ1) is 18.7. The lowest BCUT2D eigenvalue weighted by atomic mass is 9.91. The van der Waals surface area contributed by atoms with Crippen LogP contribution in [0.2, 0.25) is 0 Å². The van der Waals surface area contributed by atoms with Crippen LogP contribution in [0, 0.1) is 11.3 Å². The van der Waals surface area contributed by atoms with Crippen molar-refractivity contribution in [1.82, 2.24) is 9.61 Å². The van der Waals surface area contributed by atoms with Crippen LogP contribution in [0.3, 0.4) is 0 Å². The molecule has 2 heterocycles. The van der Waals surface area contributed by atoms with Crippen molar-refractivity contribution in [2.45, 2.75) is 43.9 Å². The number of fused-ring (bicyclic) bond motifs is 1. The van der Waals surface area contributed by atoms with E-state index in [0.717, 1.165) is 54.0 Å². The Morgan fingerprint density at radius 3 is 2.23 bits per heavy atom. The van der Waals surface area contributed by atoms with Gasteiger partial charge in [-0.1, -0.05) is 42.5 Å². The summed E-state index contributed by atoms with van der Waals surface area (Å²) in [6, 6.07) is 25.5. The maximum absolute atomic E-state index is 10.6. The minimum absolute atomic E-state index is 0.289. The number of aliphatic carboxylic acids is 1. The number of alkyl halides is 3. The number of nitrogens with zero attached hydrogens (tertiary/aromatic N) is 3. The molecule has 5 N–H and O–H groups in total. The van der Waals surface area contributed by atoms with E-state index < -0.39 is 12.1 Å². The van der Waals surface area contributed by atoms with Crippen LogP contribution in [0.1, 0.15) is 31.2 Å². The summed E-state index contributed by atoms with van der Waals surface area (Å²) in [7, 11) is 0. The summed E-state index contributed by atoms with van der Waals surface area (Å²) in [4.78, 5) is 8.90. The topological polar surface area (TPSA) is 128 Å². The van der Waals surface area contributed by atoms with Gasteiger partial charge in [0.1, 0.15) is 17.5 Å². The molecule has 1 fully saturated rings. The SMILES string of the molecule is N#Cc1c(N[C@H]2CC[C@H](N)CC2)cc(Nc2ccc(-c3ccccc3)cc2)n2nccc12.O=C(O)C(F)(F)F. The molecule has 5 rings (SSSR count). The van der Waals surface area contributed by atoms with Crippen LogP contribution in [-0.2, 0) is 4.79 Å². The minimum Gasteiger partial charge on any atom is -0.475 e. The lowest BCUT2D eigenvalue weighted by Gasteiger charge is -2.28. The van der Waals surface area contributed by atoms with E-state index in [9.17, 15) is 18.4 Å². The number of carboxylic acid groups (broad SMARTS) is 1. The van der Waals surface area contributed by atoms with Crippen molar-refractivity contribution in [2.75, 3.05) is 10.6 Å². The molecule has 0 unspecified atom stereocenters. The van der Waals surface area contributed by atoms with Crippen molar-refractivity contribution in [3.63, 3.8) is 0 Å². The molecule has 39 heavy (non-hydrogen) atoms. The van der Waals surface area contributed by atoms with Gasteiger partial charge in [0.15, 0.2) is 0 Å². The second-order valence-electron chi connectivity index (χ2n) is 9.19. The first kappa shape index (κ1) is 27.5. The van der Waals surface area contributed by atoms with Gasteiger partial charge in [-0.25, -0.2) is 9.31 Å². The molecule has 202 valence electrons. The van der Waals surface area contributed by atoms with E-state index in [1.165, 1.54) is 5.56 Å². The molecule has 0 amide bonds. The third-order valence-corrected chi connectivity index (χ3v) is 6.43. The summed E-state index contributed by atoms with van der Waals surface area (Å²) in [5, 5.41) is 28.5.